The predicted octanol–water partition coefficient (Wildman–Crippen LogP) is 4.81. The van der Waals surface area contributed by atoms with Crippen molar-refractivity contribution in [2.24, 2.45) is 0 Å². The molecular weight excluding hydrogens is 574 g/mol. The van der Waals surface area contributed by atoms with Gasteiger partial charge in [-0.15, -0.1) is 5.01 Å². The molecule has 0 aliphatic heterocycles. The molecule has 43 heavy (non-hydrogen) atoms. The van der Waals surface area contributed by atoms with Crippen molar-refractivity contribution in [1.29, 1.82) is 0 Å². The van der Waals surface area contributed by atoms with Crippen molar-refractivity contribution in [3.63, 3.8) is 0 Å². The topological polar surface area (TPSA) is 132 Å². The van der Waals surface area contributed by atoms with E-state index < -0.39 is 48.2 Å². The van der Waals surface area contributed by atoms with E-state index in [9.17, 15) is 24.0 Å². The molecule has 1 unspecified atom stereocenters. The highest BCUT2D eigenvalue weighted by Gasteiger charge is 2.42. The third-order valence-corrected chi connectivity index (χ3v) is 6.90. The molecule has 234 valence electrons. The van der Waals surface area contributed by atoms with Crippen LogP contribution in [0.2, 0.25) is 0 Å². The van der Waals surface area contributed by atoms with Crippen LogP contribution in [0.3, 0.4) is 0 Å². The van der Waals surface area contributed by atoms with Gasteiger partial charge in [-0.3, -0.25) is 14.4 Å². The molecule has 12 heteroatoms. The van der Waals surface area contributed by atoms with Crippen molar-refractivity contribution in [3.8, 4) is 5.75 Å². The Morgan fingerprint density at radius 2 is 1.58 bits per heavy atom. The second kappa shape index (κ2) is 15.4. The second-order valence-corrected chi connectivity index (χ2v) is 11.9. The van der Waals surface area contributed by atoms with Crippen LogP contribution in [0.1, 0.15) is 71.5 Å². The fourth-order valence-corrected chi connectivity index (χ4v) is 4.85. The molecule has 2 rings (SSSR count). The lowest BCUT2D eigenvalue weighted by atomic mass is 10.0. The molecule has 2 aromatic carbocycles. The van der Waals surface area contributed by atoms with E-state index in [1.807, 2.05) is 26.2 Å². The smallest absolute Gasteiger partial charge is 0.439 e. The summed E-state index contributed by atoms with van der Waals surface area (Å²) < 4.78 is 15.8. The highest BCUT2D eigenvalue weighted by molar-refractivity contribution is 7.98. The first-order valence-corrected chi connectivity index (χ1v) is 15.0. The molecule has 0 aliphatic rings. The van der Waals surface area contributed by atoms with Crippen LogP contribution >= 0.6 is 11.8 Å². The van der Waals surface area contributed by atoms with Gasteiger partial charge in [-0.25, -0.2) is 14.6 Å². The molecule has 0 saturated carbocycles. The standard InChI is InChI=1S/C31H41N3O8S/c1-19-15-20(2)17-23(16-19)27(36)34(31(5,6)7)33(28(37)24-11-10-12-26(40-8)21(24)3)30(39)42-18-41-29(38)25(13-14-43-9)32-22(4)35/h10-12,15-17,25H,13-14,18H2,1-9H3,(H,32,35). The molecule has 1 atom stereocenters. The maximum absolute atomic E-state index is 14.1. The van der Waals surface area contributed by atoms with Gasteiger partial charge in [0.15, 0.2) is 0 Å². The summed E-state index contributed by atoms with van der Waals surface area (Å²) in [5, 5.41) is 4.17. The highest BCUT2D eigenvalue weighted by atomic mass is 32.2. The number of hydrazine groups is 1. The van der Waals surface area contributed by atoms with Crippen molar-refractivity contribution in [2.45, 2.75) is 66.5 Å². The quantitative estimate of drug-likeness (QED) is 0.227. The van der Waals surface area contributed by atoms with Crippen LogP contribution in [0.15, 0.2) is 36.4 Å². The number of hydrogen-bond acceptors (Lipinski definition) is 9. The second-order valence-electron chi connectivity index (χ2n) is 10.9. The summed E-state index contributed by atoms with van der Waals surface area (Å²) in [5.41, 5.74) is 1.35. The zero-order chi connectivity index (χ0) is 32.5. The molecule has 0 saturated heterocycles. The Kier molecular flexibility index (Phi) is 12.6. The summed E-state index contributed by atoms with van der Waals surface area (Å²) in [7, 11) is 1.45. The van der Waals surface area contributed by atoms with Gasteiger partial charge in [0.2, 0.25) is 12.7 Å². The van der Waals surface area contributed by atoms with Gasteiger partial charge < -0.3 is 19.5 Å². The number of carbonyl (C=O) groups is 5. The first-order valence-electron chi connectivity index (χ1n) is 13.6. The molecule has 4 amide bonds. The van der Waals surface area contributed by atoms with E-state index >= 15 is 0 Å². The summed E-state index contributed by atoms with van der Waals surface area (Å²) in [4.78, 5) is 66.0. The fourth-order valence-electron chi connectivity index (χ4n) is 4.38. The van der Waals surface area contributed by atoms with E-state index in [1.54, 1.807) is 52.0 Å². The summed E-state index contributed by atoms with van der Waals surface area (Å²) in [6.45, 7) is 10.8. The van der Waals surface area contributed by atoms with Gasteiger partial charge in [0.1, 0.15) is 11.8 Å². The molecule has 11 nitrogen and oxygen atoms in total. The Bertz CT molecular complexity index is 1330. The molecule has 0 spiro atoms. The van der Waals surface area contributed by atoms with Crippen LogP contribution in [-0.2, 0) is 19.1 Å². The average molecular weight is 616 g/mol. The van der Waals surface area contributed by atoms with Gasteiger partial charge in [0.05, 0.1) is 12.6 Å². The van der Waals surface area contributed by atoms with E-state index in [-0.39, 0.29) is 11.1 Å². The monoisotopic (exact) mass is 615 g/mol. The third-order valence-electron chi connectivity index (χ3n) is 6.25. The van der Waals surface area contributed by atoms with E-state index in [1.165, 1.54) is 31.9 Å². The van der Waals surface area contributed by atoms with Gasteiger partial charge >= 0.3 is 12.1 Å². The largest absolute Gasteiger partial charge is 0.496 e. The highest BCUT2D eigenvalue weighted by Crippen LogP contribution is 2.27. The van der Waals surface area contributed by atoms with E-state index in [0.717, 1.165) is 16.1 Å². The first-order chi connectivity index (χ1) is 20.1. The minimum Gasteiger partial charge on any atom is -0.496 e. The van der Waals surface area contributed by atoms with Gasteiger partial charge in [-0.2, -0.15) is 11.8 Å². The Hall–Kier alpha value is -4.06. The Balaban J connectivity index is 2.51. The molecule has 0 aromatic heterocycles. The minimum atomic E-state index is -1.24. The third kappa shape index (κ3) is 9.47. The molecule has 0 fully saturated rings. The number of thioether (sulfide) groups is 1. The first kappa shape index (κ1) is 35.1. The summed E-state index contributed by atoms with van der Waals surface area (Å²) in [6, 6.07) is 9.04. The SMILES string of the molecule is COc1cccc(C(=O)N(C(=O)OCOC(=O)C(CCSC)NC(C)=O)N(C(=O)c2cc(C)cc(C)c2)C(C)(C)C)c1C. The molecular formula is C31H41N3O8S. The van der Waals surface area contributed by atoms with Crippen molar-refractivity contribution < 1.29 is 38.2 Å². The maximum Gasteiger partial charge on any atom is 0.439 e. The van der Waals surface area contributed by atoms with Crippen LogP contribution in [0.25, 0.3) is 0 Å². The number of hydrogen-bond donors (Lipinski definition) is 1. The van der Waals surface area contributed by atoms with Gasteiger partial charge in [0.25, 0.3) is 11.8 Å². The molecule has 0 radical (unpaired) electrons. The minimum absolute atomic E-state index is 0.0959. The number of nitrogens with one attached hydrogen (secondary N) is 1. The number of methoxy groups -OCH3 is 1. The Morgan fingerprint density at radius 1 is 0.953 bits per heavy atom. The summed E-state index contributed by atoms with van der Waals surface area (Å²) >= 11 is 1.48. The molecule has 1 N–H and O–H groups in total. The van der Waals surface area contributed by atoms with Crippen LogP contribution in [-0.4, -0.2) is 77.3 Å². The number of imide groups is 1. The van der Waals surface area contributed by atoms with E-state index in [2.05, 4.69) is 5.32 Å². The van der Waals surface area contributed by atoms with Crippen molar-refractivity contribution >= 4 is 41.5 Å². The summed E-state index contributed by atoms with van der Waals surface area (Å²) in [5.74, 6) is -1.72. The van der Waals surface area contributed by atoms with Crippen molar-refractivity contribution in [1.82, 2.24) is 15.3 Å². The maximum atomic E-state index is 14.1. The lowest BCUT2D eigenvalue weighted by Gasteiger charge is -2.41. The van der Waals surface area contributed by atoms with E-state index in [0.29, 0.717) is 28.5 Å². The molecule has 2 aromatic rings. The normalized spacial score (nSPS) is 11.7. The zero-order valence-electron chi connectivity index (χ0n) is 26.2. The van der Waals surface area contributed by atoms with Gasteiger partial charge in [0, 0.05) is 23.6 Å². The lowest BCUT2D eigenvalue weighted by molar-refractivity contribution is -0.157. The number of amides is 4. The van der Waals surface area contributed by atoms with Crippen LogP contribution in [0.5, 0.6) is 5.75 Å². The fraction of sp³-hybridized carbons (Fsp3) is 0.452. The molecule has 0 aliphatic carbocycles. The number of rotatable bonds is 10. The number of nitrogens with zero attached hydrogens (tertiary/aromatic N) is 2. The number of aryl methyl sites for hydroxylation is 2. The van der Waals surface area contributed by atoms with Crippen molar-refractivity contribution in [3.05, 3.63) is 64.2 Å². The molecule has 0 heterocycles. The van der Waals surface area contributed by atoms with Gasteiger partial charge in [-0.05, 0) is 84.2 Å². The lowest BCUT2D eigenvalue weighted by Crippen LogP contribution is -2.60. The average Bonchev–Trinajstić information content (AvgIpc) is 2.91. The van der Waals surface area contributed by atoms with Crippen molar-refractivity contribution in [2.75, 3.05) is 25.9 Å². The molecule has 0 bridgehead atoms. The predicted molar refractivity (Wildman–Crippen MR) is 164 cm³/mol. The Morgan fingerprint density at radius 3 is 2.12 bits per heavy atom. The zero-order valence-corrected chi connectivity index (χ0v) is 27.0. The van der Waals surface area contributed by atoms with E-state index in [4.69, 9.17) is 14.2 Å². The van der Waals surface area contributed by atoms with Gasteiger partial charge in [-0.1, -0.05) is 23.3 Å². The van der Waals surface area contributed by atoms with Crippen LogP contribution in [0.4, 0.5) is 4.79 Å². The van der Waals surface area contributed by atoms with Crippen LogP contribution in [0, 0.1) is 20.8 Å². The van der Waals surface area contributed by atoms with Crippen LogP contribution < -0.4 is 10.1 Å². The number of esters is 1. The number of benzene rings is 2. The number of ether oxygens (including phenoxy) is 3. The summed E-state index contributed by atoms with van der Waals surface area (Å²) in [6.07, 6.45) is 0.913. The number of carbonyl (C=O) groups excluding carboxylic acids is 5. The Labute approximate surface area is 257 Å².